The van der Waals surface area contributed by atoms with E-state index < -0.39 is 5.97 Å². The molecule has 1 N–H and O–H groups in total. The van der Waals surface area contributed by atoms with E-state index in [1.54, 1.807) is 0 Å². The molecule has 17 heavy (non-hydrogen) atoms. The molecule has 0 unspecified atom stereocenters. The molecule has 2 rings (SSSR count). The van der Waals surface area contributed by atoms with Crippen molar-refractivity contribution < 1.29 is 14.7 Å². The Morgan fingerprint density at radius 3 is 2.65 bits per heavy atom. The Labute approximate surface area is 100 Å². The number of Topliss-reactive ketones (excluding diaryl/α,β-unsaturated/α-hetero) is 1. The van der Waals surface area contributed by atoms with Gasteiger partial charge in [-0.05, 0) is 24.3 Å². The lowest BCUT2D eigenvalue weighted by molar-refractivity contribution is -0.145. The minimum Gasteiger partial charge on any atom is -0.481 e. The molecule has 0 spiro atoms. The molecule has 1 aromatic rings. The van der Waals surface area contributed by atoms with Gasteiger partial charge in [0.15, 0.2) is 0 Å². The van der Waals surface area contributed by atoms with Crippen molar-refractivity contribution in [2.75, 3.05) is 0 Å². The van der Waals surface area contributed by atoms with E-state index in [-0.39, 0.29) is 17.6 Å². The number of benzene rings is 1. The Morgan fingerprint density at radius 2 is 2.00 bits per heavy atom. The third-order valence-electron chi connectivity index (χ3n) is 3.45. The summed E-state index contributed by atoms with van der Waals surface area (Å²) in [5.74, 6) is -0.981. The molecule has 90 valence electrons. The Bertz CT molecular complexity index is 411. The van der Waals surface area contributed by atoms with Crippen LogP contribution in [0, 0.1) is 11.8 Å². The summed E-state index contributed by atoms with van der Waals surface area (Å²) >= 11 is 0. The number of aliphatic carboxylic acids is 1. The first-order valence-corrected chi connectivity index (χ1v) is 5.95. The molecule has 0 aliphatic heterocycles. The number of hydrogen-bond acceptors (Lipinski definition) is 2. The zero-order valence-electron chi connectivity index (χ0n) is 9.63. The number of carboxylic acid groups (broad SMARTS) is 1. The Hall–Kier alpha value is -1.64. The number of rotatable bonds is 3. The summed E-state index contributed by atoms with van der Waals surface area (Å²) in [6.45, 7) is 0. The molecule has 0 heterocycles. The van der Waals surface area contributed by atoms with Gasteiger partial charge >= 0.3 is 5.97 Å². The fourth-order valence-electron chi connectivity index (χ4n) is 2.55. The van der Waals surface area contributed by atoms with Gasteiger partial charge in [-0.25, -0.2) is 0 Å². The lowest BCUT2D eigenvalue weighted by Gasteiger charge is -2.27. The van der Waals surface area contributed by atoms with Crippen molar-refractivity contribution in [1.29, 1.82) is 0 Å². The molecular weight excluding hydrogens is 216 g/mol. The highest BCUT2D eigenvalue weighted by Crippen LogP contribution is 2.31. The normalized spacial score (nSPS) is 24.6. The van der Waals surface area contributed by atoms with Crippen LogP contribution in [-0.2, 0) is 16.0 Å². The lowest BCUT2D eigenvalue weighted by atomic mass is 9.75. The van der Waals surface area contributed by atoms with Crippen molar-refractivity contribution in [3.05, 3.63) is 35.9 Å². The van der Waals surface area contributed by atoms with Gasteiger partial charge in [-0.15, -0.1) is 0 Å². The average Bonchev–Trinajstić information content (AvgIpc) is 2.30. The molecule has 0 aromatic heterocycles. The number of carbonyl (C=O) groups excluding carboxylic acids is 1. The van der Waals surface area contributed by atoms with Gasteiger partial charge in [0.1, 0.15) is 5.78 Å². The highest BCUT2D eigenvalue weighted by Gasteiger charge is 2.33. The molecule has 1 aliphatic rings. The summed E-state index contributed by atoms with van der Waals surface area (Å²) in [6.07, 6.45) is 2.00. The molecule has 1 aromatic carbocycles. The summed E-state index contributed by atoms with van der Waals surface area (Å²) in [6, 6.07) is 9.78. The van der Waals surface area contributed by atoms with Crippen molar-refractivity contribution in [2.45, 2.75) is 25.7 Å². The number of carboxylic acids is 1. The molecule has 0 amide bonds. The van der Waals surface area contributed by atoms with Crippen LogP contribution >= 0.6 is 0 Å². The van der Waals surface area contributed by atoms with Crippen LogP contribution in [0.3, 0.4) is 0 Å². The third kappa shape index (κ3) is 2.93. The van der Waals surface area contributed by atoms with Crippen molar-refractivity contribution in [3.8, 4) is 0 Å². The predicted octanol–water partition coefficient (Wildman–Crippen LogP) is 2.30. The molecule has 0 bridgehead atoms. The summed E-state index contributed by atoms with van der Waals surface area (Å²) in [5.41, 5.74) is 1.11. The van der Waals surface area contributed by atoms with Crippen molar-refractivity contribution >= 4 is 11.8 Å². The number of carbonyl (C=O) groups is 2. The van der Waals surface area contributed by atoms with Gasteiger partial charge in [0.05, 0.1) is 5.92 Å². The molecule has 1 fully saturated rings. The van der Waals surface area contributed by atoms with Gasteiger partial charge < -0.3 is 5.11 Å². The summed E-state index contributed by atoms with van der Waals surface area (Å²) in [7, 11) is 0. The summed E-state index contributed by atoms with van der Waals surface area (Å²) in [4.78, 5) is 22.6. The van der Waals surface area contributed by atoms with Crippen molar-refractivity contribution in [2.24, 2.45) is 11.8 Å². The van der Waals surface area contributed by atoms with Gasteiger partial charge in [0.2, 0.25) is 0 Å². The first-order valence-electron chi connectivity index (χ1n) is 5.95. The number of ketones is 1. The Morgan fingerprint density at radius 1 is 1.29 bits per heavy atom. The van der Waals surface area contributed by atoms with Crippen LogP contribution in [0.15, 0.2) is 30.3 Å². The minimum absolute atomic E-state index is 0.0452. The van der Waals surface area contributed by atoms with E-state index in [2.05, 4.69) is 0 Å². The SMILES string of the molecule is O=C1CC[C@@H](C(=O)O)[C@@H](Cc2ccccc2)C1. The van der Waals surface area contributed by atoms with Crippen molar-refractivity contribution in [1.82, 2.24) is 0 Å². The fourth-order valence-corrected chi connectivity index (χ4v) is 2.55. The van der Waals surface area contributed by atoms with Crippen LogP contribution in [0.4, 0.5) is 0 Å². The van der Waals surface area contributed by atoms with E-state index in [1.165, 1.54) is 0 Å². The molecule has 1 saturated carbocycles. The molecule has 3 heteroatoms. The number of hydrogen-bond donors (Lipinski definition) is 1. The molecule has 3 nitrogen and oxygen atoms in total. The molecular formula is C14H16O3. The Balaban J connectivity index is 2.10. The molecule has 0 saturated heterocycles. The highest BCUT2D eigenvalue weighted by atomic mass is 16.4. The van der Waals surface area contributed by atoms with Crippen LogP contribution < -0.4 is 0 Å². The molecule has 0 radical (unpaired) electrons. The van der Waals surface area contributed by atoms with Gasteiger partial charge in [-0.2, -0.15) is 0 Å². The first-order chi connectivity index (χ1) is 8.16. The van der Waals surface area contributed by atoms with Crippen LogP contribution in [-0.4, -0.2) is 16.9 Å². The van der Waals surface area contributed by atoms with E-state index in [0.29, 0.717) is 25.7 Å². The predicted molar refractivity (Wildman–Crippen MR) is 63.6 cm³/mol. The third-order valence-corrected chi connectivity index (χ3v) is 3.45. The van der Waals surface area contributed by atoms with E-state index >= 15 is 0 Å². The largest absolute Gasteiger partial charge is 0.481 e. The quantitative estimate of drug-likeness (QED) is 0.870. The fraction of sp³-hybridized carbons (Fsp3) is 0.429. The average molecular weight is 232 g/mol. The summed E-state index contributed by atoms with van der Waals surface area (Å²) < 4.78 is 0. The lowest BCUT2D eigenvalue weighted by Crippen LogP contribution is -2.32. The second-order valence-corrected chi connectivity index (χ2v) is 4.68. The smallest absolute Gasteiger partial charge is 0.306 e. The first kappa shape index (κ1) is 11.8. The highest BCUT2D eigenvalue weighted by molar-refractivity contribution is 5.82. The zero-order valence-corrected chi connectivity index (χ0v) is 9.63. The maximum atomic E-state index is 11.4. The van der Waals surface area contributed by atoms with Gasteiger partial charge in [-0.1, -0.05) is 30.3 Å². The van der Waals surface area contributed by atoms with E-state index in [9.17, 15) is 9.59 Å². The maximum absolute atomic E-state index is 11.4. The topological polar surface area (TPSA) is 54.4 Å². The van der Waals surface area contributed by atoms with E-state index in [1.807, 2.05) is 30.3 Å². The van der Waals surface area contributed by atoms with Crippen molar-refractivity contribution in [3.63, 3.8) is 0 Å². The van der Waals surface area contributed by atoms with E-state index in [4.69, 9.17) is 5.11 Å². The second-order valence-electron chi connectivity index (χ2n) is 4.68. The Kier molecular flexibility index (Phi) is 3.57. The standard InChI is InChI=1S/C14H16O3/c15-12-6-7-13(14(16)17)11(9-12)8-10-4-2-1-3-5-10/h1-5,11,13H,6-9H2,(H,16,17)/t11-,13+/m0/s1. The van der Waals surface area contributed by atoms with Crippen LogP contribution in [0.1, 0.15) is 24.8 Å². The monoisotopic (exact) mass is 232 g/mol. The zero-order chi connectivity index (χ0) is 12.3. The van der Waals surface area contributed by atoms with Crippen LogP contribution in [0.25, 0.3) is 0 Å². The van der Waals surface area contributed by atoms with Gasteiger partial charge in [-0.3, -0.25) is 9.59 Å². The van der Waals surface area contributed by atoms with Gasteiger partial charge in [0.25, 0.3) is 0 Å². The maximum Gasteiger partial charge on any atom is 0.306 e. The van der Waals surface area contributed by atoms with Crippen LogP contribution in [0.5, 0.6) is 0 Å². The summed E-state index contributed by atoms with van der Waals surface area (Å²) in [5, 5.41) is 9.16. The molecule has 2 atom stereocenters. The van der Waals surface area contributed by atoms with Gasteiger partial charge in [0, 0.05) is 12.8 Å². The van der Waals surface area contributed by atoms with Crippen LogP contribution in [0.2, 0.25) is 0 Å². The minimum atomic E-state index is -0.765. The van der Waals surface area contributed by atoms with E-state index in [0.717, 1.165) is 5.56 Å². The second kappa shape index (κ2) is 5.13. The molecule has 1 aliphatic carbocycles.